The van der Waals surface area contributed by atoms with Gasteiger partial charge in [0.15, 0.2) is 17.2 Å². The Kier molecular flexibility index (Phi) is 6.61. The van der Waals surface area contributed by atoms with Crippen molar-refractivity contribution in [2.75, 3.05) is 34.2 Å². The fourth-order valence-electron chi connectivity index (χ4n) is 2.65. The molecule has 0 saturated carbocycles. The van der Waals surface area contributed by atoms with E-state index in [9.17, 15) is 4.79 Å². The molecule has 0 aliphatic rings. The molecule has 0 aliphatic heterocycles. The predicted octanol–water partition coefficient (Wildman–Crippen LogP) is 0.169. The molecule has 0 bridgehead atoms. The number of aromatic nitrogens is 5. The summed E-state index contributed by atoms with van der Waals surface area (Å²) in [6, 6.07) is 3.34. The minimum atomic E-state index is -0.628. The van der Waals surface area contributed by atoms with Crippen LogP contribution in [0.25, 0.3) is 5.82 Å². The van der Waals surface area contributed by atoms with Gasteiger partial charge in [-0.1, -0.05) is 5.21 Å². The molecule has 2 heterocycles. The van der Waals surface area contributed by atoms with Crippen LogP contribution in [0.4, 0.5) is 5.82 Å². The first-order valence-corrected chi connectivity index (χ1v) is 8.69. The summed E-state index contributed by atoms with van der Waals surface area (Å²) >= 11 is 0. The molecule has 0 aliphatic carbocycles. The van der Waals surface area contributed by atoms with E-state index in [1.54, 1.807) is 12.1 Å². The molecule has 164 valence electrons. The Morgan fingerprint density at radius 2 is 1.90 bits per heavy atom. The Morgan fingerprint density at radius 1 is 1.19 bits per heavy atom. The van der Waals surface area contributed by atoms with Gasteiger partial charge >= 0.3 is 0 Å². The zero-order valence-corrected chi connectivity index (χ0v) is 17.1. The molecule has 1 aromatic carbocycles. The lowest BCUT2D eigenvalue weighted by molar-refractivity contribution is 0.0944. The number of nitrogens with one attached hydrogen (secondary N) is 1. The Bertz CT molecular complexity index is 1070. The fourth-order valence-corrected chi connectivity index (χ4v) is 2.65. The molecule has 3 rings (SSSR count). The number of carbonyl (C=O) groups excluding carboxylic acids is 1. The number of hydrogen-bond acceptors (Lipinski definition) is 12. The van der Waals surface area contributed by atoms with Crippen LogP contribution in [0.3, 0.4) is 0 Å². The molecule has 2 aromatic heterocycles. The number of hydrazone groups is 1. The van der Waals surface area contributed by atoms with Gasteiger partial charge in [-0.3, -0.25) is 4.79 Å². The van der Waals surface area contributed by atoms with E-state index in [0.29, 0.717) is 22.8 Å². The van der Waals surface area contributed by atoms with Gasteiger partial charge in [-0.15, -0.1) is 5.10 Å². The second-order valence-electron chi connectivity index (χ2n) is 5.86. The van der Waals surface area contributed by atoms with Crippen LogP contribution in [-0.4, -0.2) is 65.9 Å². The Balaban J connectivity index is 1.82. The monoisotopic (exact) mass is 432 g/mol. The van der Waals surface area contributed by atoms with E-state index in [0.717, 1.165) is 0 Å². The van der Waals surface area contributed by atoms with Gasteiger partial charge in [0.05, 0.1) is 34.2 Å². The van der Waals surface area contributed by atoms with Gasteiger partial charge < -0.3 is 24.7 Å². The zero-order chi connectivity index (χ0) is 22.4. The smallest absolute Gasteiger partial charge is 0.293 e. The van der Waals surface area contributed by atoms with Crippen molar-refractivity contribution >= 4 is 17.9 Å². The summed E-state index contributed by atoms with van der Waals surface area (Å²) in [5.41, 5.74) is 8.91. The molecule has 14 nitrogen and oxygen atoms in total. The SMILES string of the molecule is COCc1c(C(=O)N/N=C/c2cc(OC)c(OC)c(OC)c2)nnn1-c1nonc1N. The summed E-state index contributed by atoms with van der Waals surface area (Å²) < 4.78 is 26.7. The molecular formula is C17H20N8O6. The van der Waals surface area contributed by atoms with Crippen LogP contribution in [0.15, 0.2) is 21.9 Å². The van der Waals surface area contributed by atoms with Gasteiger partial charge in [-0.05, 0) is 22.4 Å². The standard InChI is InChI=1S/C17H20N8O6/c1-27-8-10-13(20-24-25(10)16-15(18)22-31-23-16)17(26)21-19-7-9-5-11(28-2)14(30-4)12(6-9)29-3/h5-7H,8H2,1-4H3,(H2,18,22)(H,21,26)/b19-7+. The largest absolute Gasteiger partial charge is 0.493 e. The van der Waals surface area contributed by atoms with E-state index in [1.807, 2.05) is 0 Å². The van der Waals surface area contributed by atoms with Crippen molar-refractivity contribution in [2.24, 2.45) is 5.10 Å². The second-order valence-corrected chi connectivity index (χ2v) is 5.86. The summed E-state index contributed by atoms with van der Waals surface area (Å²) in [6.07, 6.45) is 1.41. The predicted molar refractivity (Wildman–Crippen MR) is 105 cm³/mol. The van der Waals surface area contributed by atoms with Crippen molar-refractivity contribution < 1.29 is 28.4 Å². The number of ether oxygens (including phenoxy) is 4. The molecule has 1 amide bonds. The molecule has 0 fully saturated rings. The molecule has 14 heteroatoms. The number of rotatable bonds is 9. The first-order chi connectivity index (χ1) is 15.0. The van der Waals surface area contributed by atoms with Gasteiger partial charge in [-0.25, -0.2) is 10.1 Å². The van der Waals surface area contributed by atoms with E-state index >= 15 is 0 Å². The maximum atomic E-state index is 12.6. The minimum absolute atomic E-state index is 0.00134. The summed E-state index contributed by atoms with van der Waals surface area (Å²) in [6.45, 7) is -0.00134. The van der Waals surface area contributed by atoms with Crippen LogP contribution in [0, 0.1) is 0 Å². The molecule has 0 saturated heterocycles. The van der Waals surface area contributed by atoms with Gasteiger partial charge in [0.1, 0.15) is 5.69 Å². The van der Waals surface area contributed by atoms with Crippen LogP contribution in [0.1, 0.15) is 21.7 Å². The van der Waals surface area contributed by atoms with Gasteiger partial charge in [0.25, 0.3) is 5.91 Å². The number of amides is 1. The molecule has 0 radical (unpaired) electrons. The Hall–Kier alpha value is -4.20. The van der Waals surface area contributed by atoms with Gasteiger partial charge in [0, 0.05) is 12.7 Å². The van der Waals surface area contributed by atoms with E-state index in [-0.39, 0.29) is 29.6 Å². The fraction of sp³-hybridized carbons (Fsp3) is 0.294. The molecule has 0 spiro atoms. The number of anilines is 1. The normalized spacial score (nSPS) is 11.0. The van der Waals surface area contributed by atoms with Crippen LogP contribution in [0.2, 0.25) is 0 Å². The third-order valence-corrected chi connectivity index (χ3v) is 4.02. The third-order valence-electron chi connectivity index (χ3n) is 4.02. The molecule has 0 unspecified atom stereocenters. The van der Waals surface area contributed by atoms with Crippen molar-refractivity contribution in [1.82, 2.24) is 30.7 Å². The summed E-state index contributed by atoms with van der Waals surface area (Å²) in [5, 5.41) is 18.8. The Morgan fingerprint density at radius 3 is 2.45 bits per heavy atom. The third kappa shape index (κ3) is 4.37. The number of methoxy groups -OCH3 is 4. The molecule has 31 heavy (non-hydrogen) atoms. The van der Waals surface area contributed by atoms with Crippen molar-refractivity contribution in [2.45, 2.75) is 6.61 Å². The first-order valence-electron chi connectivity index (χ1n) is 8.69. The number of hydrogen-bond donors (Lipinski definition) is 2. The maximum absolute atomic E-state index is 12.6. The van der Waals surface area contributed by atoms with Crippen molar-refractivity contribution in [1.29, 1.82) is 0 Å². The molecular weight excluding hydrogens is 412 g/mol. The van der Waals surface area contributed by atoms with Crippen LogP contribution in [0.5, 0.6) is 17.2 Å². The minimum Gasteiger partial charge on any atom is -0.493 e. The summed E-state index contributed by atoms with van der Waals surface area (Å²) in [4.78, 5) is 12.6. The Labute approximate surface area is 175 Å². The maximum Gasteiger partial charge on any atom is 0.293 e. The highest BCUT2D eigenvalue weighted by molar-refractivity contribution is 5.94. The van der Waals surface area contributed by atoms with Crippen molar-refractivity contribution in [3.8, 4) is 23.1 Å². The zero-order valence-electron chi connectivity index (χ0n) is 17.1. The lowest BCUT2D eigenvalue weighted by Crippen LogP contribution is -2.20. The second kappa shape index (κ2) is 9.53. The lowest BCUT2D eigenvalue weighted by Gasteiger charge is -2.12. The van der Waals surface area contributed by atoms with Crippen LogP contribution >= 0.6 is 0 Å². The highest BCUT2D eigenvalue weighted by atomic mass is 16.6. The number of nitrogens with two attached hydrogens (primary N) is 1. The van der Waals surface area contributed by atoms with E-state index in [2.05, 4.69) is 35.8 Å². The van der Waals surface area contributed by atoms with E-state index < -0.39 is 5.91 Å². The number of carbonyl (C=O) groups is 1. The molecule has 3 N–H and O–H groups in total. The quantitative estimate of drug-likeness (QED) is 0.348. The number of nitrogens with zero attached hydrogens (tertiary/aromatic N) is 6. The summed E-state index contributed by atoms with van der Waals surface area (Å²) in [7, 11) is 5.95. The lowest BCUT2D eigenvalue weighted by atomic mass is 10.2. The van der Waals surface area contributed by atoms with Crippen LogP contribution < -0.4 is 25.4 Å². The highest BCUT2D eigenvalue weighted by Crippen LogP contribution is 2.37. The first kappa shape index (κ1) is 21.5. The summed E-state index contributed by atoms with van der Waals surface area (Å²) in [5.74, 6) is 0.761. The molecule has 0 atom stereocenters. The van der Waals surface area contributed by atoms with Crippen molar-refractivity contribution in [3.05, 3.63) is 29.1 Å². The average molecular weight is 432 g/mol. The van der Waals surface area contributed by atoms with Crippen molar-refractivity contribution in [3.63, 3.8) is 0 Å². The van der Waals surface area contributed by atoms with Gasteiger partial charge in [-0.2, -0.15) is 9.78 Å². The number of nitrogen functional groups attached to an aromatic ring is 1. The van der Waals surface area contributed by atoms with Gasteiger partial charge in [0.2, 0.25) is 17.4 Å². The average Bonchev–Trinajstić information content (AvgIpc) is 3.38. The highest BCUT2D eigenvalue weighted by Gasteiger charge is 2.23. The van der Waals surface area contributed by atoms with Crippen LogP contribution in [-0.2, 0) is 11.3 Å². The number of benzene rings is 1. The molecule has 3 aromatic rings. The van der Waals surface area contributed by atoms with E-state index in [4.69, 9.17) is 24.7 Å². The van der Waals surface area contributed by atoms with E-state index in [1.165, 1.54) is 39.3 Å². The topological polar surface area (TPSA) is 174 Å².